The van der Waals surface area contributed by atoms with E-state index in [0.717, 1.165) is 40.4 Å². The molecule has 7 heteroatoms. The first-order valence-corrected chi connectivity index (χ1v) is 11.7. The third-order valence-electron chi connectivity index (χ3n) is 6.71. The van der Waals surface area contributed by atoms with Crippen molar-refractivity contribution in [2.45, 2.75) is 38.7 Å². The summed E-state index contributed by atoms with van der Waals surface area (Å²) in [6, 6.07) is 5.79. The smallest absolute Gasteiger partial charge is 0.339 e. The quantitative estimate of drug-likeness (QED) is 0.350. The summed E-state index contributed by atoms with van der Waals surface area (Å²) < 4.78 is 16.4. The van der Waals surface area contributed by atoms with Crippen molar-refractivity contribution < 1.29 is 19.0 Å². The van der Waals surface area contributed by atoms with Crippen LogP contribution in [0.25, 0.3) is 21.9 Å². The van der Waals surface area contributed by atoms with Gasteiger partial charge in [-0.3, -0.25) is 0 Å². The van der Waals surface area contributed by atoms with Crippen molar-refractivity contribution in [3.8, 4) is 22.6 Å². The van der Waals surface area contributed by atoms with Gasteiger partial charge in [0, 0.05) is 42.7 Å². The Kier molecular flexibility index (Phi) is 6.09. The van der Waals surface area contributed by atoms with E-state index in [-0.39, 0.29) is 12.6 Å². The van der Waals surface area contributed by atoms with Crippen LogP contribution in [-0.4, -0.2) is 43.7 Å². The first-order valence-electron chi connectivity index (χ1n) is 11.7. The molecular weight excluding hydrogens is 430 g/mol. The van der Waals surface area contributed by atoms with Gasteiger partial charge in [0.25, 0.3) is 0 Å². The van der Waals surface area contributed by atoms with E-state index in [1.54, 1.807) is 26.6 Å². The van der Waals surface area contributed by atoms with Crippen LogP contribution >= 0.6 is 0 Å². The highest BCUT2D eigenvalue weighted by Crippen LogP contribution is 2.42. The van der Waals surface area contributed by atoms with Crippen LogP contribution in [0.15, 0.2) is 42.2 Å². The van der Waals surface area contributed by atoms with Gasteiger partial charge < -0.3 is 19.1 Å². The number of fused-ring (bicyclic) bond motifs is 2. The lowest BCUT2D eigenvalue weighted by atomic mass is 9.91. The van der Waals surface area contributed by atoms with Crippen LogP contribution in [0.4, 0.5) is 5.95 Å². The number of carbonyl (C=O) groups is 1. The lowest BCUT2D eigenvalue weighted by Gasteiger charge is -2.20. The summed E-state index contributed by atoms with van der Waals surface area (Å²) in [6.07, 6.45) is 12.0. The monoisotopic (exact) mass is 459 g/mol. The molecule has 0 unspecified atom stereocenters. The highest BCUT2D eigenvalue weighted by molar-refractivity contribution is 6.11. The standard InChI is InChI=1S/C27H29N3O4/c1-30(10-9-17-7-5-4-6-8-17)27-28-14-20(15-29-27)24-21-13-23(33-3)22(32-2)12-18(21)11-19-16-34-26(31)25(19)24/h7,11-15H,4-6,8-10,16H2,1-3H3. The molecule has 1 aliphatic carbocycles. The van der Waals surface area contributed by atoms with Gasteiger partial charge in [-0.1, -0.05) is 11.6 Å². The fourth-order valence-corrected chi connectivity index (χ4v) is 4.84. The van der Waals surface area contributed by atoms with Gasteiger partial charge in [-0.25, -0.2) is 14.8 Å². The molecule has 0 N–H and O–H groups in total. The molecule has 2 aromatic carbocycles. The lowest BCUT2D eigenvalue weighted by Crippen LogP contribution is -2.21. The summed E-state index contributed by atoms with van der Waals surface area (Å²) in [5.41, 5.74) is 4.47. The van der Waals surface area contributed by atoms with Crippen molar-refractivity contribution in [3.63, 3.8) is 0 Å². The number of nitrogens with zero attached hydrogens (tertiary/aromatic N) is 3. The molecule has 34 heavy (non-hydrogen) atoms. The first-order chi connectivity index (χ1) is 16.6. The number of ether oxygens (including phenoxy) is 3. The zero-order chi connectivity index (χ0) is 23.7. The third-order valence-corrected chi connectivity index (χ3v) is 6.71. The van der Waals surface area contributed by atoms with Gasteiger partial charge in [-0.15, -0.1) is 0 Å². The Morgan fingerprint density at radius 3 is 2.50 bits per heavy atom. The second-order valence-corrected chi connectivity index (χ2v) is 8.84. The van der Waals surface area contributed by atoms with E-state index in [2.05, 4.69) is 20.9 Å². The Hall–Kier alpha value is -3.61. The van der Waals surface area contributed by atoms with Gasteiger partial charge in [0.15, 0.2) is 11.5 Å². The number of cyclic esters (lactones) is 1. The van der Waals surface area contributed by atoms with Crippen LogP contribution in [0.3, 0.4) is 0 Å². The fraction of sp³-hybridized carbons (Fsp3) is 0.370. The van der Waals surface area contributed by atoms with E-state index in [1.807, 2.05) is 25.2 Å². The van der Waals surface area contributed by atoms with Gasteiger partial charge in [0.05, 0.1) is 19.8 Å². The minimum Gasteiger partial charge on any atom is -0.493 e. The van der Waals surface area contributed by atoms with Crippen molar-refractivity contribution in [2.24, 2.45) is 0 Å². The predicted octanol–water partition coefficient (Wildman–Crippen LogP) is 5.31. The number of anilines is 1. The normalized spacial score (nSPS) is 15.0. The number of hydrogen-bond acceptors (Lipinski definition) is 7. The van der Waals surface area contributed by atoms with Crippen LogP contribution in [-0.2, 0) is 11.3 Å². The van der Waals surface area contributed by atoms with E-state index >= 15 is 0 Å². The molecule has 5 rings (SSSR count). The Balaban J connectivity index is 1.51. The van der Waals surface area contributed by atoms with Gasteiger partial charge >= 0.3 is 5.97 Å². The molecular formula is C27H29N3O4. The summed E-state index contributed by atoms with van der Waals surface area (Å²) >= 11 is 0. The van der Waals surface area contributed by atoms with Gasteiger partial charge in [0.1, 0.15) is 6.61 Å². The number of methoxy groups -OCH3 is 2. The molecule has 0 radical (unpaired) electrons. The molecule has 176 valence electrons. The molecule has 0 fully saturated rings. The molecule has 0 atom stereocenters. The average molecular weight is 460 g/mol. The molecule has 2 heterocycles. The molecule has 0 spiro atoms. The number of hydrogen-bond donors (Lipinski definition) is 0. The third kappa shape index (κ3) is 4.06. The zero-order valence-electron chi connectivity index (χ0n) is 19.9. The first kappa shape index (κ1) is 22.2. The van der Waals surface area contributed by atoms with Gasteiger partial charge in [-0.05, 0) is 61.1 Å². The fourth-order valence-electron chi connectivity index (χ4n) is 4.84. The molecule has 0 saturated heterocycles. The molecule has 1 aromatic heterocycles. The molecule has 0 saturated carbocycles. The topological polar surface area (TPSA) is 73.8 Å². The summed E-state index contributed by atoms with van der Waals surface area (Å²) in [7, 11) is 5.23. The number of rotatable bonds is 7. The summed E-state index contributed by atoms with van der Waals surface area (Å²) in [5.74, 6) is 1.56. The van der Waals surface area contributed by atoms with Crippen LogP contribution in [0.5, 0.6) is 11.5 Å². The maximum Gasteiger partial charge on any atom is 0.339 e. The molecule has 2 aliphatic rings. The number of allylic oxidation sites excluding steroid dienone is 1. The number of carbonyl (C=O) groups excluding carboxylic acids is 1. The van der Waals surface area contributed by atoms with Crippen molar-refractivity contribution in [2.75, 3.05) is 32.7 Å². The Labute approximate surface area is 199 Å². The van der Waals surface area contributed by atoms with E-state index in [1.165, 1.54) is 31.3 Å². The predicted molar refractivity (Wildman–Crippen MR) is 132 cm³/mol. The van der Waals surface area contributed by atoms with E-state index in [0.29, 0.717) is 23.0 Å². The highest BCUT2D eigenvalue weighted by Gasteiger charge is 2.28. The maximum absolute atomic E-state index is 12.7. The Bertz CT molecular complexity index is 1270. The van der Waals surface area contributed by atoms with Crippen LogP contribution < -0.4 is 14.4 Å². The van der Waals surface area contributed by atoms with E-state index < -0.39 is 0 Å². The number of esters is 1. The molecule has 0 amide bonds. The van der Waals surface area contributed by atoms with E-state index in [9.17, 15) is 4.79 Å². The van der Waals surface area contributed by atoms with E-state index in [4.69, 9.17) is 14.2 Å². The number of benzene rings is 2. The minimum atomic E-state index is -0.330. The average Bonchev–Trinajstić information content (AvgIpc) is 3.25. The Morgan fingerprint density at radius 2 is 1.79 bits per heavy atom. The number of aromatic nitrogens is 2. The van der Waals surface area contributed by atoms with Gasteiger partial charge in [0.2, 0.25) is 5.95 Å². The second-order valence-electron chi connectivity index (χ2n) is 8.84. The molecule has 1 aliphatic heterocycles. The Morgan fingerprint density at radius 1 is 1.03 bits per heavy atom. The van der Waals surface area contributed by atoms with Gasteiger partial charge in [-0.2, -0.15) is 0 Å². The molecule has 3 aromatic rings. The SMILES string of the molecule is COc1cc2cc3c(c(-c4cnc(N(C)CCC5=CCCCC5)nc4)c2cc1OC)C(=O)OC3. The largest absolute Gasteiger partial charge is 0.493 e. The molecule has 7 nitrogen and oxygen atoms in total. The highest BCUT2D eigenvalue weighted by atomic mass is 16.5. The summed E-state index contributed by atoms with van der Waals surface area (Å²) in [5, 5.41) is 1.80. The summed E-state index contributed by atoms with van der Waals surface area (Å²) in [4.78, 5) is 24.0. The van der Waals surface area contributed by atoms with Crippen LogP contribution in [0.2, 0.25) is 0 Å². The van der Waals surface area contributed by atoms with Crippen molar-refractivity contribution in [1.82, 2.24) is 9.97 Å². The minimum absolute atomic E-state index is 0.253. The summed E-state index contributed by atoms with van der Waals surface area (Å²) in [6.45, 7) is 1.13. The maximum atomic E-state index is 12.7. The van der Waals surface area contributed by atoms with Crippen LogP contribution in [0.1, 0.15) is 48.0 Å². The van der Waals surface area contributed by atoms with Crippen molar-refractivity contribution in [3.05, 3.63) is 53.4 Å². The zero-order valence-corrected chi connectivity index (χ0v) is 19.9. The molecule has 0 bridgehead atoms. The van der Waals surface area contributed by atoms with Crippen molar-refractivity contribution >= 4 is 22.7 Å². The van der Waals surface area contributed by atoms with Crippen molar-refractivity contribution in [1.29, 1.82) is 0 Å². The van der Waals surface area contributed by atoms with Crippen LogP contribution in [0, 0.1) is 0 Å². The lowest BCUT2D eigenvalue weighted by molar-refractivity contribution is 0.0535. The second kappa shape index (κ2) is 9.33.